The molecule has 146 valence electrons. The second kappa shape index (κ2) is 7.32. The van der Waals surface area contributed by atoms with Crippen LogP contribution in [0.2, 0.25) is 0 Å². The summed E-state index contributed by atoms with van der Waals surface area (Å²) in [5, 5.41) is 25.0. The topological polar surface area (TPSA) is 212 Å². The smallest absolute Gasteiger partial charge is 0.333 e. The van der Waals surface area contributed by atoms with E-state index in [0.717, 1.165) is 0 Å². The predicted octanol–water partition coefficient (Wildman–Crippen LogP) is -3.27. The number of aliphatic hydroxyl groups excluding tert-OH is 2. The van der Waals surface area contributed by atoms with Crippen molar-refractivity contribution in [3.8, 4) is 11.8 Å². The normalized spacial score (nSPS) is 25.5. The molecule has 0 aromatic carbocycles. The van der Waals surface area contributed by atoms with Gasteiger partial charge in [0.2, 0.25) is 0 Å². The molecular weight excluding hydrogens is 382 g/mol. The summed E-state index contributed by atoms with van der Waals surface area (Å²) < 4.78 is 38.9. The van der Waals surface area contributed by atoms with Gasteiger partial charge in [0.25, 0.3) is 0 Å². The Kier molecular flexibility index (Phi) is 5.26. The number of nitrogens with one attached hydrogen (secondary N) is 1. The molecular formula is C13H17N7O6S. The number of anilines is 1. The Balaban J connectivity index is 1.99. The maximum atomic E-state index is 10.8. The van der Waals surface area contributed by atoms with Gasteiger partial charge in [0.05, 0.1) is 11.9 Å². The van der Waals surface area contributed by atoms with Crippen LogP contribution in [0.3, 0.4) is 0 Å². The highest BCUT2D eigenvalue weighted by atomic mass is 32.2. The van der Waals surface area contributed by atoms with E-state index in [1.165, 1.54) is 11.0 Å². The number of hydrogen-bond donors (Lipinski definition) is 6. The van der Waals surface area contributed by atoms with Crippen molar-refractivity contribution in [1.82, 2.24) is 24.5 Å². The lowest BCUT2D eigenvalue weighted by Crippen LogP contribution is -2.39. The van der Waals surface area contributed by atoms with Gasteiger partial charge in [-0.05, 0) is 5.92 Å². The molecule has 2 aromatic rings. The minimum atomic E-state index is -4.49. The Bertz CT molecular complexity index is 1010. The first-order valence-electron chi connectivity index (χ1n) is 7.64. The highest BCUT2D eigenvalue weighted by Crippen LogP contribution is 2.32. The van der Waals surface area contributed by atoms with Gasteiger partial charge < -0.3 is 26.4 Å². The molecule has 1 aliphatic rings. The molecule has 1 fully saturated rings. The van der Waals surface area contributed by atoms with E-state index in [4.69, 9.17) is 20.8 Å². The van der Waals surface area contributed by atoms with Crippen LogP contribution in [0, 0.1) is 11.8 Å². The van der Waals surface area contributed by atoms with Crippen molar-refractivity contribution in [3.63, 3.8) is 0 Å². The van der Waals surface area contributed by atoms with E-state index in [9.17, 15) is 18.6 Å². The molecule has 3 rings (SSSR count). The van der Waals surface area contributed by atoms with E-state index >= 15 is 0 Å². The van der Waals surface area contributed by atoms with Crippen LogP contribution in [0.15, 0.2) is 6.33 Å². The number of ether oxygens (including phenoxy) is 1. The molecule has 0 bridgehead atoms. The largest absolute Gasteiger partial charge is 0.387 e. The summed E-state index contributed by atoms with van der Waals surface area (Å²) in [4.78, 5) is 7.95. The number of nitrogens with zero attached hydrogens (tertiary/aromatic N) is 4. The van der Waals surface area contributed by atoms with Crippen LogP contribution in [-0.4, -0.2) is 74.3 Å². The second-order valence-electron chi connectivity index (χ2n) is 5.63. The molecule has 0 saturated carbocycles. The molecule has 1 saturated heterocycles. The number of nitrogens with two attached hydrogens (primary N) is 2. The van der Waals surface area contributed by atoms with E-state index in [2.05, 4.69) is 26.9 Å². The lowest BCUT2D eigenvalue weighted by atomic mass is 10.1. The molecule has 2 aromatic heterocycles. The Hall–Kier alpha value is -2.38. The quantitative estimate of drug-likeness (QED) is 0.222. The van der Waals surface area contributed by atoms with Gasteiger partial charge in [-0.15, -0.1) is 0 Å². The molecule has 0 aliphatic carbocycles. The molecule has 1 aliphatic heterocycles. The fourth-order valence-corrected chi connectivity index (χ4v) is 3.06. The monoisotopic (exact) mass is 399 g/mol. The van der Waals surface area contributed by atoms with Crippen molar-refractivity contribution in [2.75, 3.05) is 18.8 Å². The summed E-state index contributed by atoms with van der Waals surface area (Å²) in [7, 11) is -4.49. The third kappa shape index (κ3) is 3.84. The number of hydrogen-bond acceptors (Lipinski definition) is 10. The van der Waals surface area contributed by atoms with E-state index in [1.807, 2.05) is 0 Å². The Labute approximate surface area is 153 Å². The van der Waals surface area contributed by atoms with Gasteiger partial charge >= 0.3 is 10.3 Å². The van der Waals surface area contributed by atoms with Crippen LogP contribution < -0.4 is 16.2 Å². The highest BCUT2D eigenvalue weighted by Gasteiger charge is 2.45. The highest BCUT2D eigenvalue weighted by molar-refractivity contribution is 7.83. The average Bonchev–Trinajstić information content (AvgIpc) is 3.10. The first-order valence-corrected chi connectivity index (χ1v) is 9.08. The van der Waals surface area contributed by atoms with Gasteiger partial charge in [-0.2, -0.15) is 18.2 Å². The first-order chi connectivity index (χ1) is 12.7. The van der Waals surface area contributed by atoms with E-state index < -0.39 is 41.4 Å². The van der Waals surface area contributed by atoms with Crippen molar-refractivity contribution >= 4 is 27.2 Å². The van der Waals surface area contributed by atoms with Crippen LogP contribution >= 0.6 is 0 Å². The van der Waals surface area contributed by atoms with Crippen LogP contribution in [0.25, 0.3) is 11.0 Å². The number of rotatable bonds is 4. The van der Waals surface area contributed by atoms with Crippen LogP contribution in [0.1, 0.15) is 11.9 Å². The molecule has 13 nitrogen and oxygen atoms in total. The van der Waals surface area contributed by atoms with Gasteiger partial charge in [-0.25, -0.2) is 14.6 Å². The summed E-state index contributed by atoms with van der Waals surface area (Å²) >= 11 is 0. The van der Waals surface area contributed by atoms with Crippen LogP contribution in [-0.2, 0) is 15.0 Å². The lowest BCUT2D eigenvalue weighted by molar-refractivity contribution is -0.0402. The minimum absolute atomic E-state index is 0.0760. The molecule has 14 heteroatoms. The lowest BCUT2D eigenvalue weighted by Gasteiger charge is -2.15. The SMILES string of the molecule is NCC#Cc1nn([C@@H]2O[C@H](CNS(=O)(=O)O)[C@@H](O)[C@H]2O)c2ncnc(N)c12. The zero-order chi connectivity index (χ0) is 19.8. The summed E-state index contributed by atoms with van der Waals surface area (Å²) in [6, 6.07) is 0. The van der Waals surface area contributed by atoms with Crippen molar-refractivity contribution in [3.05, 3.63) is 12.0 Å². The van der Waals surface area contributed by atoms with Crippen LogP contribution in [0.5, 0.6) is 0 Å². The summed E-state index contributed by atoms with van der Waals surface area (Å²) in [5.41, 5.74) is 11.6. The molecule has 0 spiro atoms. The number of nitrogen functional groups attached to an aromatic ring is 1. The summed E-state index contributed by atoms with van der Waals surface area (Å²) in [6.07, 6.45) is -4.10. The van der Waals surface area contributed by atoms with Crippen molar-refractivity contribution < 1.29 is 27.9 Å². The molecule has 0 radical (unpaired) electrons. The fraction of sp³-hybridized carbons (Fsp3) is 0.462. The van der Waals surface area contributed by atoms with Crippen molar-refractivity contribution in [2.45, 2.75) is 24.5 Å². The van der Waals surface area contributed by atoms with Crippen molar-refractivity contribution in [2.24, 2.45) is 5.73 Å². The Morgan fingerprint density at radius 2 is 2.07 bits per heavy atom. The first kappa shape index (κ1) is 19.4. The standard InChI is InChI=1S/C13H17N7O6S/c14-3-1-2-6-8-11(15)16-5-17-12(8)20(19-6)13-10(22)9(21)7(26-13)4-18-27(23,24)25/h5,7,9-10,13,18,21-22H,3-4,14H2,(H2,15,16,17)(H,23,24,25)/t7-,9-,10-,13-/m1/s1. The molecule has 27 heavy (non-hydrogen) atoms. The van der Waals surface area contributed by atoms with Crippen LogP contribution in [0.4, 0.5) is 5.82 Å². The van der Waals surface area contributed by atoms with Gasteiger partial charge in [-0.1, -0.05) is 5.92 Å². The second-order valence-corrected chi connectivity index (χ2v) is 6.87. The van der Waals surface area contributed by atoms with Gasteiger partial charge in [-0.3, -0.25) is 4.55 Å². The molecule has 4 atom stereocenters. The van der Waals surface area contributed by atoms with Crippen molar-refractivity contribution in [1.29, 1.82) is 0 Å². The number of fused-ring (bicyclic) bond motifs is 1. The van der Waals surface area contributed by atoms with Gasteiger partial charge in [0, 0.05) is 6.54 Å². The average molecular weight is 399 g/mol. The molecule has 0 unspecified atom stereocenters. The van der Waals surface area contributed by atoms with E-state index in [1.54, 1.807) is 4.72 Å². The Morgan fingerprint density at radius 1 is 1.33 bits per heavy atom. The third-order valence-electron chi connectivity index (χ3n) is 3.87. The third-order valence-corrected chi connectivity index (χ3v) is 4.40. The number of aliphatic hydroxyl groups is 2. The van der Waals surface area contributed by atoms with E-state index in [-0.39, 0.29) is 23.7 Å². The summed E-state index contributed by atoms with van der Waals surface area (Å²) in [6.45, 7) is -0.393. The maximum Gasteiger partial charge on any atom is 0.333 e. The number of aromatic nitrogens is 4. The predicted molar refractivity (Wildman–Crippen MR) is 91.1 cm³/mol. The molecule has 8 N–H and O–H groups in total. The zero-order valence-corrected chi connectivity index (χ0v) is 14.5. The summed E-state index contributed by atoms with van der Waals surface area (Å²) in [5.74, 6) is 5.45. The maximum absolute atomic E-state index is 10.8. The van der Waals surface area contributed by atoms with Gasteiger partial charge in [0.15, 0.2) is 11.9 Å². The van der Waals surface area contributed by atoms with Gasteiger partial charge in [0.1, 0.15) is 36.2 Å². The zero-order valence-electron chi connectivity index (χ0n) is 13.7. The molecule has 3 heterocycles. The minimum Gasteiger partial charge on any atom is -0.387 e. The fourth-order valence-electron chi connectivity index (χ4n) is 2.68. The van der Waals surface area contributed by atoms with E-state index in [0.29, 0.717) is 5.39 Å². The molecule has 0 amide bonds. The Morgan fingerprint density at radius 3 is 2.74 bits per heavy atom.